The summed E-state index contributed by atoms with van der Waals surface area (Å²) in [5.74, 6) is 3.44. The van der Waals surface area contributed by atoms with Gasteiger partial charge in [0, 0.05) is 19.5 Å². The molecule has 0 aliphatic rings. The van der Waals surface area contributed by atoms with Crippen molar-refractivity contribution in [3.63, 3.8) is 0 Å². The van der Waals surface area contributed by atoms with E-state index in [1.807, 2.05) is 188 Å². The quantitative estimate of drug-likeness (QED) is 0.176. The lowest BCUT2D eigenvalue weighted by atomic mass is 10.0. The molecule has 0 aromatic heterocycles. The van der Waals surface area contributed by atoms with Gasteiger partial charge in [-0.1, -0.05) is 211 Å². The highest BCUT2D eigenvalue weighted by Gasteiger charge is 2.29. The van der Waals surface area contributed by atoms with E-state index in [9.17, 15) is 13.2 Å². The summed E-state index contributed by atoms with van der Waals surface area (Å²) >= 11 is 31.8. The summed E-state index contributed by atoms with van der Waals surface area (Å²) in [7, 11) is 6.63. The Morgan fingerprint density at radius 1 is 0.280 bits per heavy atom. The number of halogens is 9. The molecule has 498 valence electrons. The van der Waals surface area contributed by atoms with E-state index in [0.717, 1.165) is 71.4 Å². The van der Waals surface area contributed by atoms with E-state index in [-0.39, 0.29) is 0 Å². The molecule has 0 amide bonds. The first-order valence-electron chi connectivity index (χ1n) is 29.6. The van der Waals surface area contributed by atoms with Crippen LogP contribution in [-0.4, -0.2) is 28.4 Å². The van der Waals surface area contributed by atoms with Crippen molar-refractivity contribution >= 4 is 73.9 Å². The zero-order valence-corrected chi connectivity index (χ0v) is 62.5. The van der Waals surface area contributed by atoms with Crippen molar-refractivity contribution in [2.75, 3.05) is 28.4 Å². The van der Waals surface area contributed by atoms with Gasteiger partial charge in [-0.25, -0.2) is 0 Å². The number of benzene rings is 10. The maximum atomic E-state index is 11.9. The van der Waals surface area contributed by atoms with Crippen LogP contribution in [-0.2, 0) is 6.18 Å². The Morgan fingerprint density at radius 3 is 1.02 bits per heavy atom. The third-order valence-electron chi connectivity index (χ3n) is 13.2. The zero-order valence-electron chi connectivity index (χ0n) is 57.2. The van der Waals surface area contributed by atoms with Crippen molar-refractivity contribution in [1.29, 1.82) is 0 Å². The second-order valence-corrected chi connectivity index (χ2v) is 24.8. The number of rotatable bonds is 4. The van der Waals surface area contributed by atoms with Gasteiger partial charge in [0.15, 0.2) is 11.5 Å². The fraction of sp³-hybridized carbons (Fsp3) is 0.250. The van der Waals surface area contributed by atoms with Crippen LogP contribution in [0.15, 0.2) is 211 Å². The first-order chi connectivity index (χ1) is 43.7. The smallest absolute Gasteiger partial charge is 0.416 e. The lowest BCUT2D eigenvalue weighted by Crippen LogP contribution is -2.03. The van der Waals surface area contributed by atoms with Gasteiger partial charge in [0.1, 0.15) is 11.5 Å². The van der Waals surface area contributed by atoms with Crippen LogP contribution in [0.5, 0.6) is 23.0 Å². The number of aryl methyl sites for hydroxylation is 15. The lowest BCUT2D eigenvalue weighted by Gasteiger charge is -2.06. The Morgan fingerprint density at radius 2 is 0.667 bits per heavy atom. The van der Waals surface area contributed by atoms with Crippen LogP contribution in [0.2, 0.25) is 25.1 Å². The first-order valence-corrected chi connectivity index (χ1v) is 32.3. The molecule has 4 nitrogen and oxygen atoms in total. The number of ether oxygens (including phenoxy) is 4. The highest BCUT2D eigenvalue weighted by atomic mass is 79.9. The third-order valence-corrected chi connectivity index (χ3v) is 15.3. The molecule has 0 aliphatic heterocycles. The molecule has 0 N–H and O–H groups in total. The average Bonchev–Trinajstić information content (AvgIpc) is 1.89. The van der Waals surface area contributed by atoms with E-state index in [4.69, 9.17) is 77.0 Å². The number of hydrogen-bond acceptors (Lipinski definition) is 4. The van der Waals surface area contributed by atoms with E-state index in [0.29, 0.717) is 10.0 Å². The van der Waals surface area contributed by atoms with E-state index < -0.39 is 11.7 Å². The highest BCUT2D eigenvalue weighted by Crippen LogP contribution is 2.30. The molecule has 0 saturated carbocycles. The summed E-state index contributed by atoms with van der Waals surface area (Å²) < 4.78 is 57.1. The molecule has 0 unspecified atom stereocenters. The Labute approximate surface area is 588 Å². The van der Waals surface area contributed by atoms with Crippen LogP contribution in [0, 0.1) is 104 Å². The monoisotopic (exact) mass is 1430 g/mol. The number of methoxy groups -OCH3 is 4. The topological polar surface area (TPSA) is 36.9 Å². The molecule has 0 fully saturated rings. The molecule has 0 spiro atoms. The standard InChI is InChI=1S/C10H14.C9H12O2.C9H12O.C8H9Cl.C8H7F3.C8H10O.C7H7Br.C7H6Cl2.2C7H7Cl/c1-7-5-9(3)10(4)6-8(7)2;1-7-4-5-8(10-2)9(6-7)11-3;1-7-4-5-9(10-3)8(2)6-7;1-6-3-4-7(2)8(9)5-6;1-6-2-4-7(5-3-6)8(9,10)11;1-7-3-5-8(9-2)6-4-7;1-6-3-2-4-7(8)5-6;1-5-2-3-6(8)7(9)4-5;1-6-2-4-7(8)5-3-6;1-6-3-2-4-7(8)5-6/h5-6H,1-4H3;4-6H,1-3H3;4-6H,1-3H3;3-5H,1-2H3;2-5H,1H3;3-6H,1-2H3;2-5H,1H3;2-4H,1H3;2*2-5H,1H3. The minimum absolute atomic E-state index is 0.594. The largest absolute Gasteiger partial charge is 0.497 e. The summed E-state index contributed by atoms with van der Waals surface area (Å²) in [5.41, 5.74) is 17.9. The SMILES string of the molecule is COc1ccc(C)cc1.COc1ccc(C)cc1C.COc1ccc(C)cc1OC.Cc1cc(C)c(C)cc1C.Cc1ccc(C(F)(F)F)cc1.Cc1ccc(C)c(Cl)c1.Cc1ccc(Cl)c(Cl)c1.Cc1ccc(Cl)cc1.Cc1cccc(Br)c1.Cc1cccc(Cl)c1. The van der Waals surface area contributed by atoms with Gasteiger partial charge in [-0.15, -0.1) is 0 Å². The minimum atomic E-state index is -4.21. The molecule has 0 radical (unpaired) electrons. The van der Waals surface area contributed by atoms with E-state index in [1.54, 1.807) is 41.4 Å². The van der Waals surface area contributed by atoms with Crippen molar-refractivity contribution in [1.82, 2.24) is 0 Å². The molecular weight excluding hydrogens is 1340 g/mol. The summed E-state index contributed by atoms with van der Waals surface area (Å²) in [4.78, 5) is 0. The Balaban J connectivity index is 0.000000518. The van der Waals surface area contributed by atoms with Crippen LogP contribution in [0.25, 0.3) is 0 Å². The average molecular weight is 1430 g/mol. The van der Waals surface area contributed by atoms with Gasteiger partial charge in [-0.2, -0.15) is 13.2 Å². The van der Waals surface area contributed by atoms with Crippen molar-refractivity contribution < 1.29 is 32.1 Å². The Hall–Kier alpha value is -6.88. The van der Waals surface area contributed by atoms with Gasteiger partial charge in [-0.05, 0) is 257 Å². The van der Waals surface area contributed by atoms with Crippen molar-refractivity contribution in [2.45, 2.75) is 110 Å². The second kappa shape index (κ2) is 45.4. The first kappa shape index (κ1) is 84.1. The van der Waals surface area contributed by atoms with Crippen LogP contribution in [0.3, 0.4) is 0 Å². The summed E-state index contributed by atoms with van der Waals surface area (Å²) in [6.45, 7) is 30.7. The Bertz CT molecular complexity index is 3540. The van der Waals surface area contributed by atoms with E-state index >= 15 is 0 Å². The second-order valence-electron chi connectivity index (χ2n) is 21.8. The normalized spacial score (nSPS) is 9.72. The lowest BCUT2D eigenvalue weighted by molar-refractivity contribution is -0.137. The van der Waals surface area contributed by atoms with Gasteiger partial charge in [0.2, 0.25) is 0 Å². The molecular formula is C80H91BrCl5F3O4. The van der Waals surface area contributed by atoms with Gasteiger partial charge in [-0.3, -0.25) is 0 Å². The van der Waals surface area contributed by atoms with Gasteiger partial charge < -0.3 is 18.9 Å². The molecule has 0 heterocycles. The molecule has 0 atom stereocenters. The van der Waals surface area contributed by atoms with Gasteiger partial charge >= 0.3 is 6.18 Å². The summed E-state index contributed by atoms with van der Waals surface area (Å²) in [6, 6.07) is 64.8. The molecule has 10 aromatic carbocycles. The van der Waals surface area contributed by atoms with Crippen LogP contribution >= 0.6 is 73.9 Å². The number of alkyl halides is 3. The minimum Gasteiger partial charge on any atom is -0.497 e. The maximum Gasteiger partial charge on any atom is 0.416 e. The fourth-order valence-corrected chi connectivity index (χ4v) is 9.01. The van der Waals surface area contributed by atoms with Gasteiger partial charge in [0.25, 0.3) is 0 Å². The highest BCUT2D eigenvalue weighted by molar-refractivity contribution is 9.10. The number of hydrogen-bond donors (Lipinski definition) is 0. The molecule has 0 bridgehead atoms. The molecule has 93 heavy (non-hydrogen) atoms. The van der Waals surface area contributed by atoms with Gasteiger partial charge in [0.05, 0.1) is 44.0 Å². The van der Waals surface area contributed by atoms with Crippen LogP contribution in [0.1, 0.15) is 89.0 Å². The molecule has 13 heteroatoms. The Kier molecular flexibility index (Phi) is 41.1. The van der Waals surface area contributed by atoms with Crippen LogP contribution < -0.4 is 18.9 Å². The van der Waals surface area contributed by atoms with E-state index in [1.165, 1.54) is 78.9 Å². The van der Waals surface area contributed by atoms with E-state index in [2.05, 4.69) is 101 Å². The zero-order chi connectivity index (χ0) is 70.4. The van der Waals surface area contributed by atoms with Crippen molar-refractivity contribution in [3.8, 4) is 23.0 Å². The third kappa shape index (κ3) is 37.6. The summed E-state index contributed by atoms with van der Waals surface area (Å²) in [5, 5.41) is 3.70. The predicted octanol–water partition coefficient (Wildman–Crippen LogP) is 26.6. The fourth-order valence-electron chi connectivity index (χ4n) is 7.54. The predicted molar refractivity (Wildman–Crippen MR) is 399 cm³/mol. The molecule has 0 aliphatic carbocycles. The van der Waals surface area contributed by atoms with Crippen molar-refractivity contribution in [2.24, 2.45) is 0 Å². The summed E-state index contributed by atoms with van der Waals surface area (Å²) in [6.07, 6.45) is -4.21. The molecule has 10 rings (SSSR count). The maximum absolute atomic E-state index is 11.9. The molecule has 0 saturated heterocycles. The van der Waals surface area contributed by atoms with Crippen molar-refractivity contribution in [3.05, 3.63) is 325 Å². The molecule has 10 aromatic rings. The van der Waals surface area contributed by atoms with Crippen LogP contribution in [0.4, 0.5) is 13.2 Å².